The summed E-state index contributed by atoms with van der Waals surface area (Å²) in [5.74, 6) is -0.787. The van der Waals surface area contributed by atoms with E-state index < -0.39 is 0 Å². The van der Waals surface area contributed by atoms with Gasteiger partial charge in [-0.05, 0) is 50.5 Å². The third-order valence-electron chi connectivity index (χ3n) is 4.14. The summed E-state index contributed by atoms with van der Waals surface area (Å²) in [4.78, 5) is 37.7. The van der Waals surface area contributed by atoms with E-state index in [4.69, 9.17) is 9.47 Å². The van der Waals surface area contributed by atoms with E-state index in [0.29, 0.717) is 37.6 Å². The molecule has 26 heavy (non-hydrogen) atoms. The number of likely N-dealkylation sites (tertiary alicyclic amines) is 1. The number of benzene rings is 1. The first-order chi connectivity index (χ1) is 12.5. The van der Waals surface area contributed by atoms with Crippen molar-refractivity contribution in [3.05, 3.63) is 29.8 Å². The van der Waals surface area contributed by atoms with Crippen molar-refractivity contribution in [3.63, 3.8) is 0 Å². The molecule has 0 bridgehead atoms. The predicted molar refractivity (Wildman–Crippen MR) is 97.0 cm³/mol. The third-order valence-corrected chi connectivity index (χ3v) is 4.14. The highest BCUT2D eigenvalue weighted by Gasteiger charge is 2.29. The number of anilines is 1. The van der Waals surface area contributed by atoms with Gasteiger partial charge in [0, 0.05) is 18.8 Å². The van der Waals surface area contributed by atoms with Crippen molar-refractivity contribution in [1.29, 1.82) is 0 Å². The molecule has 1 saturated heterocycles. The fourth-order valence-electron chi connectivity index (χ4n) is 2.78. The lowest BCUT2D eigenvalue weighted by atomic mass is 9.97. The van der Waals surface area contributed by atoms with E-state index in [1.54, 1.807) is 36.1 Å². The number of amides is 2. The largest absolute Gasteiger partial charge is 0.462 e. The number of hydrogen-bond donors (Lipinski definition) is 1. The molecule has 1 heterocycles. The molecule has 0 aliphatic carbocycles. The molecule has 1 aliphatic heterocycles. The summed E-state index contributed by atoms with van der Waals surface area (Å²) in [5.41, 5.74) is 1.05. The van der Waals surface area contributed by atoms with E-state index in [1.165, 1.54) is 0 Å². The SMILES string of the molecule is CCCOC(=O)c1ccc(NC(=O)[C@H]2CCCN(C(=O)OCC)C2)cc1. The van der Waals surface area contributed by atoms with Gasteiger partial charge in [-0.3, -0.25) is 4.79 Å². The van der Waals surface area contributed by atoms with Gasteiger partial charge in [0.2, 0.25) is 5.91 Å². The van der Waals surface area contributed by atoms with Crippen LogP contribution in [0, 0.1) is 5.92 Å². The normalized spacial score (nSPS) is 16.7. The molecule has 0 saturated carbocycles. The van der Waals surface area contributed by atoms with Gasteiger partial charge in [-0.15, -0.1) is 0 Å². The van der Waals surface area contributed by atoms with E-state index in [-0.39, 0.29) is 23.9 Å². The van der Waals surface area contributed by atoms with Gasteiger partial charge in [0.05, 0.1) is 24.7 Å². The summed E-state index contributed by atoms with van der Waals surface area (Å²) in [6, 6.07) is 6.59. The lowest BCUT2D eigenvalue weighted by Gasteiger charge is -2.31. The Kier molecular flexibility index (Phi) is 7.44. The van der Waals surface area contributed by atoms with Gasteiger partial charge >= 0.3 is 12.1 Å². The standard InChI is InChI=1S/C19H26N2O5/c1-3-12-26-18(23)14-7-9-16(10-8-14)20-17(22)15-6-5-11-21(13-15)19(24)25-4-2/h7-10,15H,3-6,11-13H2,1-2H3,(H,20,22)/t15-/m0/s1. The van der Waals surface area contributed by atoms with Gasteiger partial charge < -0.3 is 19.7 Å². The van der Waals surface area contributed by atoms with Crippen molar-refractivity contribution in [1.82, 2.24) is 4.90 Å². The number of hydrogen-bond acceptors (Lipinski definition) is 5. The Bertz CT molecular complexity index is 629. The van der Waals surface area contributed by atoms with Crippen LogP contribution in [0.25, 0.3) is 0 Å². The summed E-state index contributed by atoms with van der Waals surface area (Å²) >= 11 is 0. The smallest absolute Gasteiger partial charge is 0.409 e. The molecule has 1 aliphatic rings. The molecule has 0 unspecified atom stereocenters. The minimum atomic E-state index is -0.375. The fraction of sp³-hybridized carbons (Fsp3) is 0.526. The van der Waals surface area contributed by atoms with Gasteiger partial charge in [0.25, 0.3) is 0 Å². The molecule has 0 spiro atoms. The topological polar surface area (TPSA) is 84.9 Å². The van der Waals surface area contributed by atoms with E-state index in [9.17, 15) is 14.4 Å². The summed E-state index contributed by atoms with van der Waals surface area (Å²) < 4.78 is 10.1. The Balaban J connectivity index is 1.90. The van der Waals surface area contributed by atoms with E-state index in [1.807, 2.05) is 6.92 Å². The van der Waals surface area contributed by atoms with Crippen molar-refractivity contribution in [3.8, 4) is 0 Å². The van der Waals surface area contributed by atoms with Crippen LogP contribution in [0.2, 0.25) is 0 Å². The maximum atomic E-state index is 12.5. The summed E-state index contributed by atoms with van der Waals surface area (Å²) in [7, 11) is 0. The number of carbonyl (C=O) groups is 3. The van der Waals surface area contributed by atoms with Crippen LogP contribution in [-0.4, -0.2) is 49.2 Å². The Morgan fingerprint density at radius 2 is 1.88 bits per heavy atom. The highest BCUT2D eigenvalue weighted by molar-refractivity contribution is 5.94. The summed E-state index contributed by atoms with van der Waals surface area (Å²) in [6.07, 6.45) is 1.88. The van der Waals surface area contributed by atoms with Crippen LogP contribution in [-0.2, 0) is 14.3 Å². The van der Waals surface area contributed by atoms with Crippen molar-refractivity contribution in [2.24, 2.45) is 5.92 Å². The van der Waals surface area contributed by atoms with Crippen LogP contribution in [0.4, 0.5) is 10.5 Å². The summed E-state index contributed by atoms with van der Waals surface area (Å²) in [6.45, 7) is 5.35. The molecule has 1 aromatic rings. The first-order valence-corrected chi connectivity index (χ1v) is 9.04. The molecule has 0 aromatic heterocycles. The monoisotopic (exact) mass is 362 g/mol. The molecule has 0 radical (unpaired) electrons. The Labute approximate surface area is 153 Å². The van der Waals surface area contributed by atoms with Gasteiger partial charge in [-0.1, -0.05) is 6.92 Å². The highest BCUT2D eigenvalue weighted by Crippen LogP contribution is 2.20. The number of nitrogens with zero attached hydrogens (tertiary/aromatic N) is 1. The number of carbonyl (C=O) groups excluding carboxylic acids is 3. The molecule has 1 fully saturated rings. The average Bonchev–Trinajstić information content (AvgIpc) is 2.67. The Morgan fingerprint density at radius 3 is 2.54 bits per heavy atom. The maximum Gasteiger partial charge on any atom is 0.409 e. The molecular formula is C19H26N2O5. The molecule has 1 aromatic carbocycles. The molecule has 1 N–H and O–H groups in total. The second-order valence-electron chi connectivity index (χ2n) is 6.19. The van der Waals surface area contributed by atoms with E-state index in [0.717, 1.165) is 19.3 Å². The lowest BCUT2D eigenvalue weighted by molar-refractivity contribution is -0.121. The zero-order valence-corrected chi connectivity index (χ0v) is 15.3. The zero-order chi connectivity index (χ0) is 18.9. The van der Waals surface area contributed by atoms with Crippen LogP contribution in [0.5, 0.6) is 0 Å². The Hall–Kier alpha value is -2.57. The number of rotatable bonds is 6. The van der Waals surface area contributed by atoms with Crippen LogP contribution >= 0.6 is 0 Å². The highest BCUT2D eigenvalue weighted by atomic mass is 16.6. The molecule has 2 amide bonds. The molecule has 1 atom stereocenters. The van der Waals surface area contributed by atoms with Crippen LogP contribution < -0.4 is 5.32 Å². The number of ether oxygens (including phenoxy) is 2. The number of esters is 1. The number of piperidine rings is 1. The fourth-order valence-corrected chi connectivity index (χ4v) is 2.78. The van der Waals surface area contributed by atoms with Crippen LogP contribution in [0.1, 0.15) is 43.5 Å². The van der Waals surface area contributed by atoms with Gasteiger partial charge in [0.15, 0.2) is 0 Å². The molecular weight excluding hydrogens is 336 g/mol. The second-order valence-corrected chi connectivity index (χ2v) is 6.19. The maximum absolute atomic E-state index is 12.5. The van der Waals surface area contributed by atoms with Crippen molar-refractivity contribution < 1.29 is 23.9 Å². The first-order valence-electron chi connectivity index (χ1n) is 9.04. The van der Waals surface area contributed by atoms with Crippen molar-refractivity contribution in [2.45, 2.75) is 33.1 Å². The van der Waals surface area contributed by atoms with Crippen LogP contribution in [0.3, 0.4) is 0 Å². The first kappa shape index (κ1) is 19.8. The number of nitrogens with one attached hydrogen (secondary N) is 1. The molecule has 7 heteroatoms. The summed E-state index contributed by atoms with van der Waals surface area (Å²) in [5, 5.41) is 2.84. The molecule has 7 nitrogen and oxygen atoms in total. The van der Waals surface area contributed by atoms with E-state index >= 15 is 0 Å². The van der Waals surface area contributed by atoms with Gasteiger partial charge in [-0.25, -0.2) is 9.59 Å². The predicted octanol–water partition coefficient (Wildman–Crippen LogP) is 3.06. The van der Waals surface area contributed by atoms with Crippen molar-refractivity contribution >= 4 is 23.7 Å². The lowest BCUT2D eigenvalue weighted by Crippen LogP contribution is -2.44. The van der Waals surface area contributed by atoms with Crippen LogP contribution in [0.15, 0.2) is 24.3 Å². The van der Waals surface area contributed by atoms with Gasteiger partial charge in [-0.2, -0.15) is 0 Å². The Morgan fingerprint density at radius 1 is 1.15 bits per heavy atom. The minimum Gasteiger partial charge on any atom is -0.462 e. The zero-order valence-electron chi connectivity index (χ0n) is 15.3. The quantitative estimate of drug-likeness (QED) is 0.786. The molecule has 2 rings (SSSR count). The van der Waals surface area contributed by atoms with Crippen molar-refractivity contribution in [2.75, 3.05) is 31.6 Å². The minimum absolute atomic E-state index is 0.139. The van der Waals surface area contributed by atoms with E-state index in [2.05, 4.69) is 5.32 Å². The average molecular weight is 362 g/mol. The molecule has 142 valence electrons. The second kappa shape index (κ2) is 9.79. The van der Waals surface area contributed by atoms with Gasteiger partial charge in [0.1, 0.15) is 0 Å². The third kappa shape index (κ3) is 5.47.